The molecule has 5 rings (SSSR count). The summed E-state index contributed by atoms with van der Waals surface area (Å²) in [7, 11) is 2.29. The van der Waals surface area contributed by atoms with Crippen LogP contribution >= 0.6 is 0 Å². The van der Waals surface area contributed by atoms with Crippen LogP contribution in [0.4, 0.5) is 41.2 Å². The third-order valence-electron chi connectivity index (χ3n) is 7.92. The van der Waals surface area contributed by atoms with Gasteiger partial charge in [0.2, 0.25) is 0 Å². The molecule has 0 saturated carbocycles. The summed E-state index contributed by atoms with van der Waals surface area (Å²) >= 11 is 0. The Labute approximate surface area is 297 Å². The van der Waals surface area contributed by atoms with Gasteiger partial charge in [0.15, 0.2) is 0 Å². The molecule has 0 saturated heterocycles. The Balaban J connectivity index is 1.70. The minimum Gasteiger partial charge on any atom is -0.497 e. The fourth-order valence-electron chi connectivity index (χ4n) is 5.54. The molecule has 2 amide bonds. The Morgan fingerprint density at radius 1 is 0.981 bits per heavy atom. The van der Waals surface area contributed by atoms with E-state index in [2.05, 4.69) is 15.0 Å². The van der Waals surface area contributed by atoms with Crippen LogP contribution < -0.4 is 20.3 Å². The first kappa shape index (κ1) is 38.4. The largest absolute Gasteiger partial charge is 0.497 e. The molecule has 2 aromatic heterocycles. The molecule has 1 N–H and O–H groups in total. The van der Waals surface area contributed by atoms with E-state index in [1.165, 1.54) is 11.0 Å². The van der Waals surface area contributed by atoms with E-state index in [0.29, 0.717) is 22.5 Å². The van der Waals surface area contributed by atoms with Gasteiger partial charge in [-0.25, -0.2) is 18.3 Å². The lowest BCUT2D eigenvalue weighted by Crippen LogP contribution is -2.39. The van der Waals surface area contributed by atoms with Crippen LogP contribution in [0.1, 0.15) is 48.8 Å². The predicted molar refractivity (Wildman–Crippen MR) is 177 cm³/mol. The van der Waals surface area contributed by atoms with E-state index in [-0.39, 0.29) is 42.3 Å². The normalized spacial score (nSPS) is 13.5. The quantitative estimate of drug-likeness (QED) is 0.186. The number of nitrogens with zero attached hydrogens (tertiary/aromatic N) is 4. The Morgan fingerprint density at radius 3 is 2.15 bits per heavy atom. The maximum absolute atomic E-state index is 15.6. The number of carbonyl (C=O) groups is 2. The molecule has 2 aromatic carbocycles. The molecule has 11 nitrogen and oxygen atoms in total. The van der Waals surface area contributed by atoms with Gasteiger partial charge in [0.05, 0.1) is 29.6 Å². The Hall–Kier alpha value is -5.81. The summed E-state index contributed by atoms with van der Waals surface area (Å²) in [6, 6.07) is 6.46. The Kier molecular flexibility index (Phi) is 10.6. The molecule has 18 heteroatoms. The van der Waals surface area contributed by atoms with Crippen LogP contribution in [0.2, 0.25) is 0 Å². The fourth-order valence-corrected chi connectivity index (χ4v) is 5.54. The maximum atomic E-state index is 15.6. The molecule has 1 aliphatic rings. The maximum Gasteiger partial charge on any atom is 0.417 e. The smallest absolute Gasteiger partial charge is 0.417 e. The van der Waals surface area contributed by atoms with Crippen LogP contribution in [0, 0.1) is 11.6 Å². The van der Waals surface area contributed by atoms with E-state index in [4.69, 9.17) is 9.47 Å². The van der Waals surface area contributed by atoms with Crippen molar-refractivity contribution in [1.29, 1.82) is 0 Å². The number of carbonyl (C=O) groups excluding carboxylic acids is 2. The van der Waals surface area contributed by atoms with Gasteiger partial charge in [-0.3, -0.25) is 19.3 Å². The van der Waals surface area contributed by atoms with Crippen molar-refractivity contribution in [3.63, 3.8) is 0 Å². The molecule has 0 unspecified atom stereocenters. The number of anilines is 1. The van der Waals surface area contributed by atoms with Crippen LogP contribution in [0.5, 0.6) is 11.5 Å². The summed E-state index contributed by atoms with van der Waals surface area (Å²) in [5.41, 5.74) is -5.90. The number of alkyl halides is 5. The fraction of sp³-hybridized carbons (Fsp3) is 0.314. The van der Waals surface area contributed by atoms with Gasteiger partial charge in [0.1, 0.15) is 40.1 Å². The molecule has 0 radical (unpaired) electrons. The number of pyridine rings is 1. The summed E-state index contributed by atoms with van der Waals surface area (Å²) in [6.45, 7) is 1.94. The van der Waals surface area contributed by atoms with Crippen molar-refractivity contribution in [3.05, 3.63) is 93.5 Å². The van der Waals surface area contributed by atoms with Crippen LogP contribution in [-0.4, -0.2) is 63.7 Å². The molecule has 0 atom stereocenters. The summed E-state index contributed by atoms with van der Waals surface area (Å²) in [5, 5.41) is 2.29. The summed E-state index contributed by atoms with van der Waals surface area (Å²) < 4.78 is 115. The first-order chi connectivity index (χ1) is 24.8. The van der Waals surface area contributed by atoms with E-state index in [9.17, 15) is 36.3 Å². The monoisotopic (exact) mass is 751 g/mol. The Morgan fingerprint density at radius 2 is 1.62 bits per heavy atom. The molecule has 0 aliphatic carbocycles. The van der Waals surface area contributed by atoms with Crippen molar-refractivity contribution in [2.45, 2.75) is 45.6 Å². The van der Waals surface area contributed by atoms with Crippen LogP contribution in [-0.2, 0) is 18.0 Å². The van der Waals surface area contributed by atoms with E-state index < -0.39 is 75.8 Å². The first-order valence-corrected chi connectivity index (χ1v) is 15.8. The lowest BCUT2D eigenvalue weighted by Gasteiger charge is -2.30. The highest BCUT2D eigenvalue weighted by atomic mass is 19.4. The van der Waals surface area contributed by atoms with Crippen molar-refractivity contribution in [3.8, 4) is 28.4 Å². The molecule has 3 heterocycles. The van der Waals surface area contributed by atoms with Crippen molar-refractivity contribution >= 4 is 23.3 Å². The zero-order valence-electron chi connectivity index (χ0n) is 28.8. The van der Waals surface area contributed by atoms with Gasteiger partial charge >= 0.3 is 18.9 Å². The highest BCUT2D eigenvalue weighted by molar-refractivity contribution is 6.06. The number of benzene rings is 2. The zero-order chi connectivity index (χ0) is 39.0. The second-order valence-electron chi connectivity index (χ2n) is 12.7. The molecular formula is C35H32F7N5O6. The second kappa shape index (κ2) is 14.7. The SMILES string of the molecule is COc1cc(F)c(-c2c(NC(=O)c3ccc(OC(F)F)cc3)c(=O)n(-c3cc(C(F)(F)F)cnc3C3=CCN(C(=O)OC(C)(C)C)CC3)n2C)c(F)c1. The molecule has 0 bridgehead atoms. The number of nitrogens with one attached hydrogen (secondary N) is 1. The van der Waals surface area contributed by atoms with Crippen LogP contribution in [0.15, 0.2) is 59.5 Å². The van der Waals surface area contributed by atoms with Gasteiger partial charge in [-0.05, 0) is 63.1 Å². The number of hydrogen-bond acceptors (Lipinski definition) is 7. The Bertz CT molecular complexity index is 2110. The van der Waals surface area contributed by atoms with Crippen molar-refractivity contribution < 1.29 is 54.5 Å². The van der Waals surface area contributed by atoms with E-state index >= 15 is 8.78 Å². The summed E-state index contributed by atoms with van der Waals surface area (Å²) in [6.07, 6.45) is -3.43. The predicted octanol–water partition coefficient (Wildman–Crippen LogP) is 7.42. The average Bonchev–Trinajstić information content (AvgIpc) is 3.30. The number of aromatic nitrogens is 3. The summed E-state index contributed by atoms with van der Waals surface area (Å²) in [4.78, 5) is 45.8. The standard InChI is InChI=1S/C35H32F7N5O6/c1-34(2,3)53-33(50)46-12-10-18(11-13-46)27-25(14-20(17-43-27)35(40,41)42)47-31(49)28(44-30(48)19-6-8-21(9-7-19)52-32(38)39)29(45(47)4)26-23(36)15-22(51-5)16-24(26)37/h6-10,14-17,32H,11-13H2,1-5H3,(H,44,48). The third-order valence-corrected chi connectivity index (χ3v) is 7.92. The molecule has 0 fully saturated rings. The number of rotatable bonds is 8. The van der Waals surface area contributed by atoms with Gasteiger partial charge < -0.3 is 24.4 Å². The highest BCUT2D eigenvalue weighted by Crippen LogP contribution is 2.37. The van der Waals surface area contributed by atoms with Crippen molar-refractivity contribution in [2.75, 3.05) is 25.5 Å². The molecule has 53 heavy (non-hydrogen) atoms. The highest BCUT2D eigenvalue weighted by Gasteiger charge is 2.35. The lowest BCUT2D eigenvalue weighted by molar-refractivity contribution is -0.137. The summed E-state index contributed by atoms with van der Waals surface area (Å²) in [5.74, 6) is -4.08. The topological polar surface area (TPSA) is 117 Å². The molecule has 0 spiro atoms. The number of methoxy groups -OCH3 is 1. The van der Waals surface area contributed by atoms with Gasteiger partial charge in [-0.2, -0.15) is 22.0 Å². The third kappa shape index (κ3) is 8.31. The first-order valence-electron chi connectivity index (χ1n) is 15.8. The zero-order valence-corrected chi connectivity index (χ0v) is 28.8. The minimum absolute atomic E-state index is 0.0234. The molecule has 282 valence electrons. The van der Waals surface area contributed by atoms with Gasteiger partial charge in [0, 0.05) is 44.0 Å². The van der Waals surface area contributed by atoms with Crippen LogP contribution in [0.25, 0.3) is 22.5 Å². The number of halogens is 7. The molecule has 1 aliphatic heterocycles. The van der Waals surface area contributed by atoms with E-state index in [1.54, 1.807) is 20.8 Å². The van der Waals surface area contributed by atoms with Gasteiger partial charge in [-0.15, -0.1) is 0 Å². The van der Waals surface area contributed by atoms with Gasteiger partial charge in [-0.1, -0.05) is 6.08 Å². The average molecular weight is 752 g/mol. The van der Waals surface area contributed by atoms with E-state index in [1.807, 2.05) is 0 Å². The van der Waals surface area contributed by atoms with E-state index in [0.717, 1.165) is 55.2 Å². The lowest BCUT2D eigenvalue weighted by atomic mass is 10.0. The number of amides is 2. The van der Waals surface area contributed by atoms with Crippen molar-refractivity contribution in [1.82, 2.24) is 19.2 Å². The second-order valence-corrected chi connectivity index (χ2v) is 12.7. The molecule has 4 aromatic rings. The minimum atomic E-state index is -4.95. The molecular weight excluding hydrogens is 719 g/mol. The number of hydrogen-bond donors (Lipinski definition) is 1. The van der Waals surface area contributed by atoms with Gasteiger partial charge in [0.25, 0.3) is 11.5 Å². The van der Waals surface area contributed by atoms with Crippen LogP contribution in [0.3, 0.4) is 0 Å². The number of ether oxygens (including phenoxy) is 3. The van der Waals surface area contributed by atoms with Crippen molar-refractivity contribution in [2.24, 2.45) is 7.05 Å².